The first-order chi connectivity index (χ1) is 5.77. The Morgan fingerprint density at radius 3 is 1.75 bits per heavy atom. The number of hydrogen-bond acceptors (Lipinski definition) is 0. The van der Waals surface area contributed by atoms with Crippen LogP contribution in [0, 0.1) is 0 Å². The summed E-state index contributed by atoms with van der Waals surface area (Å²) in [5.41, 5.74) is 1.58. The van der Waals surface area contributed by atoms with Crippen LogP contribution >= 0.6 is 0 Å². The van der Waals surface area contributed by atoms with E-state index >= 15 is 0 Å². The molecule has 0 spiro atoms. The second kappa shape index (κ2) is 2.85. The van der Waals surface area contributed by atoms with E-state index in [1.54, 1.807) is 0 Å². The van der Waals surface area contributed by atoms with Crippen molar-refractivity contribution in [3.8, 4) is 0 Å². The van der Waals surface area contributed by atoms with Gasteiger partial charge in [-0.1, -0.05) is 25.7 Å². The van der Waals surface area contributed by atoms with Crippen molar-refractivity contribution < 1.29 is 0 Å². The zero-order valence-electron chi connectivity index (χ0n) is 7.29. The van der Waals surface area contributed by atoms with Crippen LogP contribution in [0.3, 0.4) is 0 Å². The lowest BCUT2D eigenvalue weighted by atomic mass is 9.88. The van der Waals surface area contributed by atoms with Gasteiger partial charge >= 0.3 is 0 Å². The Hall–Kier alpha value is -0.920. The Labute approximate surface area is 73.7 Å². The summed E-state index contributed by atoms with van der Waals surface area (Å²) in [5.74, 6) is 0. The van der Waals surface area contributed by atoms with E-state index in [0.29, 0.717) is 12.1 Å². The van der Waals surface area contributed by atoms with Gasteiger partial charge in [-0.2, -0.15) is 11.4 Å². The number of fused-ring (bicyclic) bond motifs is 1. The molecule has 2 heteroatoms. The van der Waals surface area contributed by atoms with Crippen LogP contribution < -0.4 is 0 Å². The Morgan fingerprint density at radius 1 is 0.917 bits per heavy atom. The molecule has 0 N–H and O–H groups in total. The van der Waals surface area contributed by atoms with E-state index in [1.807, 2.05) is 0 Å². The van der Waals surface area contributed by atoms with E-state index in [2.05, 4.69) is 23.8 Å². The summed E-state index contributed by atoms with van der Waals surface area (Å²) < 4.78 is 0. The van der Waals surface area contributed by atoms with Gasteiger partial charge in [-0.05, 0) is 0 Å². The minimum absolute atomic E-state index is 0.414. The van der Waals surface area contributed by atoms with Gasteiger partial charge in [-0.25, -0.2) is 0 Å². The van der Waals surface area contributed by atoms with Crippen LogP contribution in [0.15, 0.2) is 24.6 Å². The third-order valence-corrected chi connectivity index (χ3v) is 2.67. The van der Waals surface area contributed by atoms with Gasteiger partial charge in [-0.3, -0.25) is 0 Å². The van der Waals surface area contributed by atoms with Crippen LogP contribution in [0.1, 0.15) is 25.7 Å². The molecule has 1 heterocycles. The lowest BCUT2D eigenvalue weighted by molar-refractivity contribution is 0.435. The molecule has 2 aliphatic rings. The van der Waals surface area contributed by atoms with Crippen LogP contribution in [0.2, 0.25) is 0 Å². The molecule has 66 valence electrons. The van der Waals surface area contributed by atoms with Crippen LogP contribution in [0.5, 0.6) is 0 Å². The quantitative estimate of drug-likeness (QED) is 0.523. The van der Waals surface area contributed by atoms with Crippen molar-refractivity contribution in [2.75, 3.05) is 0 Å². The third-order valence-electron chi connectivity index (χ3n) is 2.67. The van der Waals surface area contributed by atoms with Crippen molar-refractivity contribution in [1.29, 1.82) is 0 Å². The number of piperazine rings is 1. The predicted molar refractivity (Wildman–Crippen MR) is 51.0 cm³/mol. The molecule has 2 rings (SSSR count). The van der Waals surface area contributed by atoms with E-state index in [0.717, 1.165) is 11.4 Å². The Kier molecular flexibility index (Phi) is 1.83. The van der Waals surface area contributed by atoms with E-state index in [4.69, 9.17) is 0 Å². The smallest absolute Gasteiger partial charge is 0.0546 e. The molecular weight excluding hydrogens is 148 g/mol. The summed E-state index contributed by atoms with van der Waals surface area (Å²) in [7, 11) is 0. The Morgan fingerprint density at radius 2 is 1.33 bits per heavy atom. The average molecular weight is 162 g/mol. The molecule has 2 atom stereocenters. The van der Waals surface area contributed by atoms with Gasteiger partial charge in [0.25, 0.3) is 0 Å². The molecule has 0 aromatic heterocycles. The second-order valence-electron chi connectivity index (χ2n) is 3.57. The number of rotatable bonds is 0. The zero-order valence-corrected chi connectivity index (χ0v) is 7.29. The second-order valence-corrected chi connectivity index (χ2v) is 3.57. The van der Waals surface area contributed by atoms with Crippen molar-refractivity contribution in [3.63, 3.8) is 0 Å². The fourth-order valence-electron chi connectivity index (χ4n) is 1.94. The van der Waals surface area contributed by atoms with E-state index in [-0.39, 0.29) is 0 Å². The molecule has 2 unspecified atom stereocenters. The largest absolute Gasteiger partial charge is 0.684 e. The van der Waals surface area contributed by atoms with Gasteiger partial charge in [0.1, 0.15) is 0 Å². The van der Waals surface area contributed by atoms with Gasteiger partial charge in [-0.15, -0.1) is 25.2 Å². The SMILES string of the molecule is C=C1[N-]C2CCCCC2[N-]C1=C. The minimum atomic E-state index is 0.414. The van der Waals surface area contributed by atoms with Gasteiger partial charge in [0.2, 0.25) is 0 Å². The van der Waals surface area contributed by atoms with Crippen molar-refractivity contribution >= 4 is 0 Å². The first-order valence-electron chi connectivity index (χ1n) is 4.57. The normalized spacial score (nSPS) is 35.0. The molecule has 1 saturated carbocycles. The monoisotopic (exact) mass is 162 g/mol. The predicted octanol–water partition coefficient (Wildman–Crippen LogP) is 3.09. The van der Waals surface area contributed by atoms with E-state index in [9.17, 15) is 0 Å². The van der Waals surface area contributed by atoms with Crippen LogP contribution in [-0.2, 0) is 0 Å². The maximum atomic E-state index is 4.50. The summed E-state index contributed by atoms with van der Waals surface area (Å²) in [4.78, 5) is 0. The Bertz CT molecular complexity index is 196. The first-order valence-corrected chi connectivity index (χ1v) is 4.57. The minimum Gasteiger partial charge on any atom is -0.684 e. The third kappa shape index (κ3) is 1.22. The molecule has 0 bridgehead atoms. The molecule has 1 aliphatic heterocycles. The highest BCUT2D eigenvalue weighted by Gasteiger charge is 2.14. The molecule has 12 heavy (non-hydrogen) atoms. The standard InChI is InChI=1S/C10H14N2/c1-7-8(2)12-10-6-4-3-5-9(10)11-7/h9-10H,1-6H2/q-2. The molecule has 0 aromatic rings. The highest BCUT2D eigenvalue weighted by molar-refractivity contribution is 5.49. The van der Waals surface area contributed by atoms with Gasteiger partial charge in [0.15, 0.2) is 0 Å². The summed E-state index contributed by atoms with van der Waals surface area (Å²) >= 11 is 0. The molecule has 1 saturated heterocycles. The van der Waals surface area contributed by atoms with Crippen LogP contribution in [0.25, 0.3) is 10.6 Å². The molecule has 2 fully saturated rings. The van der Waals surface area contributed by atoms with E-state index < -0.39 is 0 Å². The van der Waals surface area contributed by atoms with Gasteiger partial charge in [0, 0.05) is 0 Å². The number of hydrogen-bond donors (Lipinski definition) is 0. The maximum absolute atomic E-state index is 4.50. The summed E-state index contributed by atoms with van der Waals surface area (Å²) in [5, 5.41) is 8.99. The summed E-state index contributed by atoms with van der Waals surface area (Å²) in [6.07, 6.45) is 4.95. The molecule has 0 radical (unpaired) electrons. The molecule has 0 aromatic carbocycles. The maximum Gasteiger partial charge on any atom is -0.0546 e. The van der Waals surface area contributed by atoms with Crippen molar-refractivity contribution in [3.05, 3.63) is 35.2 Å². The average Bonchev–Trinajstić information content (AvgIpc) is 2.07. The lowest BCUT2D eigenvalue weighted by Gasteiger charge is -2.59. The highest BCUT2D eigenvalue weighted by Crippen LogP contribution is 2.40. The van der Waals surface area contributed by atoms with Crippen LogP contribution in [-0.4, -0.2) is 12.1 Å². The van der Waals surface area contributed by atoms with Crippen LogP contribution in [0.4, 0.5) is 0 Å². The highest BCUT2D eigenvalue weighted by atomic mass is 15.1. The summed E-state index contributed by atoms with van der Waals surface area (Å²) in [6.45, 7) is 7.65. The number of nitrogens with zero attached hydrogens (tertiary/aromatic N) is 2. The van der Waals surface area contributed by atoms with Crippen molar-refractivity contribution in [2.45, 2.75) is 37.8 Å². The molecule has 0 amide bonds. The van der Waals surface area contributed by atoms with E-state index in [1.165, 1.54) is 25.7 Å². The molecular formula is C10H14N2-2. The van der Waals surface area contributed by atoms with Gasteiger partial charge < -0.3 is 10.6 Å². The zero-order chi connectivity index (χ0) is 8.55. The topological polar surface area (TPSA) is 28.2 Å². The molecule has 1 aliphatic carbocycles. The molecule has 2 nitrogen and oxygen atoms in total. The van der Waals surface area contributed by atoms with Crippen molar-refractivity contribution in [1.82, 2.24) is 0 Å². The fraction of sp³-hybridized carbons (Fsp3) is 0.600. The van der Waals surface area contributed by atoms with Gasteiger partial charge in [0.05, 0.1) is 0 Å². The van der Waals surface area contributed by atoms with Crippen molar-refractivity contribution in [2.24, 2.45) is 0 Å². The Balaban J connectivity index is 2.07. The fourth-order valence-corrected chi connectivity index (χ4v) is 1.94. The summed E-state index contributed by atoms with van der Waals surface area (Å²) in [6, 6.07) is 0.827. The first kappa shape index (κ1) is 7.71. The lowest BCUT2D eigenvalue weighted by Crippen LogP contribution is -2.32.